The van der Waals surface area contributed by atoms with Gasteiger partial charge in [-0.15, -0.1) is 0 Å². The third-order valence-corrected chi connectivity index (χ3v) is 8.27. The predicted molar refractivity (Wildman–Crippen MR) is 148 cm³/mol. The first-order chi connectivity index (χ1) is 16.4. The highest BCUT2D eigenvalue weighted by Gasteiger charge is 2.61. The number of nitrogens with two attached hydrogens (primary N) is 1. The highest BCUT2D eigenvalue weighted by Crippen LogP contribution is 2.51. The lowest BCUT2D eigenvalue weighted by atomic mass is 9.62. The summed E-state index contributed by atoms with van der Waals surface area (Å²) < 4.78 is 0. The van der Waals surface area contributed by atoms with E-state index in [4.69, 9.17) is 5.73 Å². The van der Waals surface area contributed by atoms with E-state index in [-0.39, 0.29) is 5.91 Å². The molecule has 0 bridgehead atoms. The minimum Gasteiger partial charge on any atom is -0.388 e. The van der Waals surface area contributed by atoms with E-state index in [0.717, 1.165) is 32.1 Å². The lowest BCUT2D eigenvalue weighted by Gasteiger charge is -2.60. The summed E-state index contributed by atoms with van der Waals surface area (Å²) in [4.78, 5) is 29.4. The van der Waals surface area contributed by atoms with Crippen LogP contribution in [0.1, 0.15) is 140 Å². The molecule has 36 heavy (non-hydrogen) atoms. The van der Waals surface area contributed by atoms with Crippen molar-refractivity contribution >= 4 is 11.8 Å². The molecule has 0 aromatic rings. The summed E-state index contributed by atoms with van der Waals surface area (Å²) in [5.41, 5.74) is 1.30. The molecule has 0 unspecified atom stereocenters. The molecule has 0 radical (unpaired) electrons. The molecular formula is C30H58N2O4. The van der Waals surface area contributed by atoms with Gasteiger partial charge in [0.1, 0.15) is 5.41 Å². The van der Waals surface area contributed by atoms with Crippen molar-refractivity contribution in [3.63, 3.8) is 0 Å². The van der Waals surface area contributed by atoms with Crippen LogP contribution in [0.5, 0.6) is 0 Å². The van der Waals surface area contributed by atoms with Gasteiger partial charge < -0.3 is 20.8 Å². The molecule has 212 valence electrons. The number of carbonyl (C=O) groups is 2. The molecule has 6 heteroatoms. The number of nitrogens with zero attached hydrogens (tertiary/aromatic N) is 1. The minimum absolute atomic E-state index is 0.308. The van der Waals surface area contributed by atoms with Gasteiger partial charge in [-0.25, -0.2) is 0 Å². The molecule has 6 nitrogen and oxygen atoms in total. The zero-order valence-corrected chi connectivity index (χ0v) is 25.2. The van der Waals surface area contributed by atoms with E-state index in [0.29, 0.717) is 38.5 Å². The van der Waals surface area contributed by atoms with E-state index in [9.17, 15) is 19.8 Å². The summed E-state index contributed by atoms with van der Waals surface area (Å²) in [5.74, 6) is -0.898. The highest BCUT2D eigenvalue weighted by atomic mass is 16.3. The molecule has 1 aliphatic carbocycles. The first-order valence-electron chi connectivity index (χ1n) is 14.5. The molecule has 0 aromatic carbocycles. The average Bonchev–Trinajstić information content (AvgIpc) is 2.64. The number of amides is 2. The summed E-state index contributed by atoms with van der Waals surface area (Å²) in [6, 6.07) is -1.20. The van der Waals surface area contributed by atoms with Crippen molar-refractivity contribution in [2.75, 3.05) is 0 Å². The van der Waals surface area contributed by atoms with Gasteiger partial charge in [-0.05, 0) is 49.4 Å². The van der Waals surface area contributed by atoms with Crippen LogP contribution in [0.25, 0.3) is 0 Å². The van der Waals surface area contributed by atoms with Crippen molar-refractivity contribution in [3.05, 3.63) is 0 Å². The van der Waals surface area contributed by atoms with Crippen molar-refractivity contribution in [2.45, 2.75) is 163 Å². The lowest BCUT2D eigenvalue weighted by molar-refractivity contribution is -0.198. The third-order valence-electron chi connectivity index (χ3n) is 8.27. The second-order valence-corrected chi connectivity index (χ2v) is 13.8. The first kappa shape index (κ1) is 32.9. The van der Waals surface area contributed by atoms with E-state index >= 15 is 0 Å². The van der Waals surface area contributed by atoms with Crippen molar-refractivity contribution in [2.24, 2.45) is 22.0 Å². The second-order valence-electron chi connectivity index (χ2n) is 13.8. The number of hydrogen-bond donors (Lipinski definition) is 3. The standard InChI is InChI=1S/C30H58N2O4/c1-11-16-29(35,17-12-2)22(26(5,6)7)32(25(34)28(24(31)33)20-15-21-28)23(27(8,9)10)30(36,18-13-3)19-14-4/h22-23,35-36H,11-21H2,1-10H3,(H2,31,33)/t22-,23-/m1/s1. The van der Waals surface area contributed by atoms with Crippen LogP contribution in [0, 0.1) is 16.2 Å². The van der Waals surface area contributed by atoms with Gasteiger partial charge in [0.05, 0.1) is 23.3 Å². The Kier molecular flexibility index (Phi) is 11.1. The molecule has 0 spiro atoms. The van der Waals surface area contributed by atoms with Crippen molar-refractivity contribution in [1.29, 1.82) is 0 Å². The normalized spacial score (nSPS) is 18.3. The molecular weight excluding hydrogens is 452 g/mol. The largest absolute Gasteiger partial charge is 0.388 e. The maximum absolute atomic E-state index is 14.8. The van der Waals surface area contributed by atoms with E-state index in [2.05, 4.69) is 69.2 Å². The van der Waals surface area contributed by atoms with E-state index in [1.807, 2.05) is 0 Å². The van der Waals surface area contributed by atoms with Crippen LogP contribution in [0.3, 0.4) is 0 Å². The fourth-order valence-corrected chi connectivity index (χ4v) is 7.22. The Bertz CT molecular complexity index is 678. The smallest absolute Gasteiger partial charge is 0.238 e. The maximum Gasteiger partial charge on any atom is 0.238 e. The Morgan fingerprint density at radius 2 is 1.06 bits per heavy atom. The molecule has 0 heterocycles. The number of carbonyl (C=O) groups excluding carboxylic acids is 2. The molecule has 0 saturated heterocycles. The number of primary amides is 1. The summed E-state index contributed by atoms with van der Waals surface area (Å²) in [7, 11) is 0. The zero-order chi connectivity index (χ0) is 28.2. The van der Waals surface area contributed by atoms with E-state index in [1.165, 1.54) is 0 Å². The third kappa shape index (κ3) is 6.64. The van der Waals surface area contributed by atoms with E-state index < -0.39 is 45.4 Å². The lowest BCUT2D eigenvalue weighted by Crippen LogP contribution is -2.73. The van der Waals surface area contributed by atoms with E-state index in [1.54, 1.807) is 4.90 Å². The molecule has 1 fully saturated rings. The number of rotatable bonds is 14. The van der Waals surface area contributed by atoms with Gasteiger partial charge in [-0.3, -0.25) is 9.59 Å². The van der Waals surface area contributed by atoms with Crippen LogP contribution in [-0.4, -0.2) is 50.2 Å². The minimum atomic E-state index is -1.27. The first-order valence-corrected chi connectivity index (χ1v) is 14.5. The zero-order valence-electron chi connectivity index (χ0n) is 25.2. The fraction of sp³-hybridized carbons (Fsp3) is 0.933. The topological polar surface area (TPSA) is 104 Å². The van der Waals surface area contributed by atoms with Crippen LogP contribution < -0.4 is 5.73 Å². The fourth-order valence-electron chi connectivity index (χ4n) is 7.22. The molecule has 0 aliphatic heterocycles. The summed E-state index contributed by atoms with van der Waals surface area (Å²) in [5, 5.41) is 24.7. The molecule has 1 aliphatic rings. The van der Waals surface area contributed by atoms with Crippen LogP contribution in [-0.2, 0) is 9.59 Å². The Morgan fingerprint density at radius 1 is 0.750 bits per heavy atom. The highest BCUT2D eigenvalue weighted by molar-refractivity contribution is 6.05. The Hall–Kier alpha value is -1.14. The van der Waals surface area contributed by atoms with Crippen molar-refractivity contribution < 1.29 is 19.8 Å². The van der Waals surface area contributed by atoms with Gasteiger partial charge in [-0.2, -0.15) is 0 Å². The van der Waals surface area contributed by atoms with Crippen LogP contribution in [0.4, 0.5) is 0 Å². The van der Waals surface area contributed by atoms with Gasteiger partial charge in [0.15, 0.2) is 0 Å². The second kappa shape index (κ2) is 12.1. The summed E-state index contributed by atoms with van der Waals surface area (Å²) in [6.45, 7) is 20.6. The predicted octanol–water partition coefficient (Wildman–Crippen LogP) is 5.96. The molecule has 1 saturated carbocycles. The average molecular weight is 511 g/mol. The van der Waals surface area contributed by atoms with Crippen LogP contribution in [0.2, 0.25) is 0 Å². The Balaban J connectivity index is 4.13. The number of aliphatic hydroxyl groups is 2. The van der Waals surface area contributed by atoms with Gasteiger partial charge in [0.25, 0.3) is 0 Å². The monoisotopic (exact) mass is 510 g/mol. The van der Waals surface area contributed by atoms with Crippen molar-refractivity contribution in [1.82, 2.24) is 4.90 Å². The van der Waals surface area contributed by atoms with Crippen LogP contribution >= 0.6 is 0 Å². The number of hydrogen-bond acceptors (Lipinski definition) is 4. The van der Waals surface area contributed by atoms with Gasteiger partial charge in [-0.1, -0.05) is 101 Å². The SMILES string of the molecule is CCCC(O)(CCC)[C@H](N(C(=O)C1(C(N)=O)CCC1)[C@H](C(C)(C)C)C(O)(CCC)CCC)C(C)(C)C. The molecule has 0 aromatic heterocycles. The molecule has 2 atom stereocenters. The van der Waals surface area contributed by atoms with Crippen molar-refractivity contribution in [3.8, 4) is 0 Å². The Morgan fingerprint density at radius 3 is 1.22 bits per heavy atom. The van der Waals surface area contributed by atoms with Gasteiger partial charge in [0, 0.05) is 0 Å². The molecule has 2 amide bonds. The quantitative estimate of drug-likeness (QED) is 0.251. The Labute approximate surface area is 221 Å². The van der Waals surface area contributed by atoms with Crippen LogP contribution in [0.15, 0.2) is 0 Å². The summed E-state index contributed by atoms with van der Waals surface area (Å²) >= 11 is 0. The maximum atomic E-state index is 14.8. The van der Waals surface area contributed by atoms with Gasteiger partial charge in [0.2, 0.25) is 11.8 Å². The van der Waals surface area contributed by atoms with Gasteiger partial charge >= 0.3 is 0 Å². The summed E-state index contributed by atoms with van der Waals surface area (Å²) in [6.07, 6.45) is 6.81. The molecule has 1 rings (SSSR count). The molecule has 4 N–H and O–H groups in total.